The van der Waals surface area contributed by atoms with E-state index in [0.29, 0.717) is 18.8 Å². The van der Waals surface area contributed by atoms with Crippen molar-refractivity contribution in [1.29, 1.82) is 0 Å². The van der Waals surface area contributed by atoms with Crippen molar-refractivity contribution in [2.24, 2.45) is 7.05 Å². The van der Waals surface area contributed by atoms with Crippen LogP contribution in [0.3, 0.4) is 0 Å². The van der Waals surface area contributed by atoms with Crippen LogP contribution in [0.1, 0.15) is 36.2 Å². The van der Waals surface area contributed by atoms with Crippen molar-refractivity contribution in [1.82, 2.24) is 29.4 Å². The molecule has 0 N–H and O–H groups in total. The van der Waals surface area contributed by atoms with Crippen molar-refractivity contribution < 1.29 is 4.79 Å². The average molecular weight is 441 g/mol. The van der Waals surface area contributed by atoms with Gasteiger partial charge in [0.15, 0.2) is 0 Å². The van der Waals surface area contributed by atoms with E-state index in [-0.39, 0.29) is 11.9 Å². The lowest BCUT2D eigenvalue weighted by Gasteiger charge is -2.29. The predicted molar refractivity (Wildman–Crippen MR) is 127 cm³/mol. The molecule has 0 spiro atoms. The molecule has 1 fully saturated rings. The minimum Gasteiger partial charge on any atom is -0.332 e. The molecule has 1 amide bonds. The van der Waals surface area contributed by atoms with Crippen molar-refractivity contribution in [3.8, 4) is 22.5 Å². The fourth-order valence-corrected chi connectivity index (χ4v) is 4.60. The molecular formula is C26H28N6O. The third-order valence-corrected chi connectivity index (χ3v) is 6.38. The molecule has 7 heteroatoms. The van der Waals surface area contributed by atoms with E-state index >= 15 is 0 Å². The number of carbonyl (C=O) groups excluding carboxylic acids is 1. The van der Waals surface area contributed by atoms with E-state index in [2.05, 4.69) is 10.1 Å². The van der Waals surface area contributed by atoms with Crippen LogP contribution >= 0.6 is 0 Å². The van der Waals surface area contributed by atoms with E-state index in [1.165, 1.54) is 12.8 Å². The van der Waals surface area contributed by atoms with E-state index in [1.54, 1.807) is 17.1 Å². The third-order valence-electron chi connectivity index (χ3n) is 6.38. The highest BCUT2D eigenvalue weighted by atomic mass is 16.2. The largest absolute Gasteiger partial charge is 0.332 e. The van der Waals surface area contributed by atoms with Crippen LogP contribution in [-0.4, -0.2) is 47.9 Å². The standard InChI is InChI=1S/C26H28N6O/c1-30-25(19-24(28-30)20-7-3-2-4-8-20)26(33)32(22-9-5-6-10-22)18-17-31-16-13-23(29-31)21-11-14-27-15-12-21/h2-4,7-8,11-16,19,22H,5-6,9-10,17-18H2,1H3. The minimum atomic E-state index is 0.0422. The summed E-state index contributed by atoms with van der Waals surface area (Å²) >= 11 is 0. The van der Waals surface area contributed by atoms with E-state index in [9.17, 15) is 4.79 Å². The number of pyridine rings is 1. The molecule has 5 rings (SSSR count). The summed E-state index contributed by atoms with van der Waals surface area (Å²) in [7, 11) is 1.85. The molecule has 1 aliphatic rings. The number of aromatic nitrogens is 5. The zero-order valence-electron chi connectivity index (χ0n) is 18.8. The van der Waals surface area contributed by atoms with Crippen LogP contribution in [0.25, 0.3) is 22.5 Å². The van der Waals surface area contributed by atoms with Crippen molar-refractivity contribution in [2.45, 2.75) is 38.3 Å². The Kier molecular flexibility index (Phi) is 6.02. The Morgan fingerprint density at radius 1 is 0.970 bits per heavy atom. The monoisotopic (exact) mass is 440 g/mol. The number of benzene rings is 1. The molecule has 0 radical (unpaired) electrons. The molecule has 0 saturated heterocycles. The highest BCUT2D eigenvalue weighted by Gasteiger charge is 2.29. The van der Waals surface area contributed by atoms with Crippen molar-refractivity contribution >= 4 is 5.91 Å². The topological polar surface area (TPSA) is 68.8 Å². The molecule has 0 unspecified atom stereocenters. The maximum absolute atomic E-state index is 13.7. The maximum atomic E-state index is 13.7. The summed E-state index contributed by atoms with van der Waals surface area (Å²) in [6, 6.07) is 18.1. The van der Waals surface area contributed by atoms with Crippen LogP contribution < -0.4 is 0 Å². The Morgan fingerprint density at radius 2 is 1.70 bits per heavy atom. The maximum Gasteiger partial charge on any atom is 0.272 e. The summed E-state index contributed by atoms with van der Waals surface area (Å²) in [6.07, 6.45) is 9.96. The fourth-order valence-electron chi connectivity index (χ4n) is 4.60. The molecule has 1 saturated carbocycles. The van der Waals surface area contributed by atoms with Gasteiger partial charge in [-0.1, -0.05) is 43.2 Å². The van der Waals surface area contributed by atoms with Gasteiger partial charge in [0.2, 0.25) is 0 Å². The van der Waals surface area contributed by atoms with Crippen LogP contribution in [0, 0.1) is 0 Å². The number of amides is 1. The van der Waals surface area contributed by atoms with Gasteiger partial charge in [-0.3, -0.25) is 19.1 Å². The van der Waals surface area contributed by atoms with Gasteiger partial charge in [-0.25, -0.2) is 0 Å². The molecule has 3 heterocycles. The third kappa shape index (κ3) is 4.58. The summed E-state index contributed by atoms with van der Waals surface area (Å²) in [5, 5.41) is 9.32. The van der Waals surface area contributed by atoms with Gasteiger partial charge < -0.3 is 4.90 Å². The Labute approximate surface area is 193 Å². The SMILES string of the molecule is Cn1nc(-c2ccccc2)cc1C(=O)N(CCn1ccc(-c2ccncc2)n1)C1CCCC1. The van der Waals surface area contributed by atoms with Gasteiger partial charge in [-0.15, -0.1) is 0 Å². The first kappa shape index (κ1) is 21.1. The van der Waals surface area contributed by atoms with Gasteiger partial charge in [0.05, 0.1) is 17.9 Å². The first-order valence-electron chi connectivity index (χ1n) is 11.5. The number of nitrogens with zero attached hydrogens (tertiary/aromatic N) is 6. The second kappa shape index (κ2) is 9.40. The number of hydrogen-bond acceptors (Lipinski definition) is 4. The van der Waals surface area contributed by atoms with Gasteiger partial charge in [0.1, 0.15) is 5.69 Å². The molecule has 3 aromatic heterocycles. The van der Waals surface area contributed by atoms with Gasteiger partial charge in [-0.2, -0.15) is 10.2 Å². The molecule has 1 aromatic carbocycles. The highest BCUT2D eigenvalue weighted by molar-refractivity contribution is 5.94. The molecule has 4 aromatic rings. The predicted octanol–water partition coefficient (Wildman–Crippen LogP) is 4.43. The molecule has 1 aliphatic carbocycles. The van der Waals surface area contributed by atoms with Crippen LogP contribution in [0.4, 0.5) is 0 Å². The number of hydrogen-bond donors (Lipinski definition) is 0. The second-order valence-corrected chi connectivity index (χ2v) is 8.54. The van der Waals surface area contributed by atoms with Gasteiger partial charge in [0.25, 0.3) is 5.91 Å². The summed E-state index contributed by atoms with van der Waals surface area (Å²) in [5.41, 5.74) is 4.41. The summed E-state index contributed by atoms with van der Waals surface area (Å²) in [4.78, 5) is 19.8. The van der Waals surface area contributed by atoms with E-state index in [1.807, 2.05) is 77.4 Å². The van der Waals surface area contributed by atoms with Gasteiger partial charge in [-0.05, 0) is 37.1 Å². The first-order chi connectivity index (χ1) is 16.2. The molecule has 0 aliphatic heterocycles. The molecule has 33 heavy (non-hydrogen) atoms. The molecule has 0 bridgehead atoms. The van der Waals surface area contributed by atoms with E-state index in [4.69, 9.17) is 5.10 Å². The Balaban J connectivity index is 1.35. The number of carbonyl (C=O) groups is 1. The smallest absolute Gasteiger partial charge is 0.272 e. The van der Waals surface area contributed by atoms with E-state index < -0.39 is 0 Å². The lowest BCUT2D eigenvalue weighted by molar-refractivity contribution is 0.0660. The minimum absolute atomic E-state index is 0.0422. The quantitative estimate of drug-likeness (QED) is 0.426. The van der Waals surface area contributed by atoms with Gasteiger partial charge in [0, 0.05) is 49.4 Å². The van der Waals surface area contributed by atoms with E-state index in [0.717, 1.165) is 35.4 Å². The summed E-state index contributed by atoms with van der Waals surface area (Å²) < 4.78 is 3.63. The molecular weight excluding hydrogens is 412 g/mol. The second-order valence-electron chi connectivity index (χ2n) is 8.54. The highest BCUT2D eigenvalue weighted by Crippen LogP contribution is 2.26. The fraction of sp³-hybridized carbons (Fsp3) is 0.308. The zero-order chi connectivity index (χ0) is 22.6. The summed E-state index contributed by atoms with van der Waals surface area (Å²) in [6.45, 7) is 1.27. The number of aryl methyl sites for hydroxylation is 1. The van der Waals surface area contributed by atoms with Crippen LogP contribution in [0.15, 0.2) is 73.2 Å². The Hall–Kier alpha value is -3.74. The van der Waals surface area contributed by atoms with Crippen molar-refractivity contribution in [3.63, 3.8) is 0 Å². The Bertz CT molecular complexity index is 1210. The van der Waals surface area contributed by atoms with Crippen LogP contribution in [-0.2, 0) is 13.6 Å². The lowest BCUT2D eigenvalue weighted by atomic mass is 10.1. The zero-order valence-corrected chi connectivity index (χ0v) is 18.8. The van der Waals surface area contributed by atoms with Crippen LogP contribution in [0.5, 0.6) is 0 Å². The van der Waals surface area contributed by atoms with Crippen molar-refractivity contribution in [2.75, 3.05) is 6.54 Å². The van der Waals surface area contributed by atoms with Gasteiger partial charge >= 0.3 is 0 Å². The molecule has 7 nitrogen and oxygen atoms in total. The number of rotatable bonds is 7. The average Bonchev–Trinajstić information content (AvgIpc) is 3.62. The molecule has 0 atom stereocenters. The molecule has 168 valence electrons. The summed E-state index contributed by atoms with van der Waals surface area (Å²) in [5.74, 6) is 0.0422. The lowest BCUT2D eigenvalue weighted by Crippen LogP contribution is -2.41. The first-order valence-corrected chi connectivity index (χ1v) is 11.5. The normalized spacial score (nSPS) is 14.0. The van der Waals surface area contributed by atoms with Crippen molar-refractivity contribution in [3.05, 3.63) is 78.9 Å². The van der Waals surface area contributed by atoms with Crippen LogP contribution in [0.2, 0.25) is 0 Å². The Morgan fingerprint density at radius 3 is 2.45 bits per heavy atom.